The zero-order valence-electron chi connectivity index (χ0n) is 14.9. The van der Waals surface area contributed by atoms with E-state index in [0.717, 1.165) is 63.5 Å². The quantitative estimate of drug-likeness (QED) is 0.880. The summed E-state index contributed by atoms with van der Waals surface area (Å²) < 4.78 is 21.0. The predicted molar refractivity (Wildman–Crippen MR) is 96.9 cm³/mol. The number of hydrogen-bond donors (Lipinski definition) is 2. The zero-order valence-corrected chi connectivity index (χ0v) is 14.9. The van der Waals surface area contributed by atoms with Gasteiger partial charge >= 0.3 is 0 Å². The van der Waals surface area contributed by atoms with Crippen molar-refractivity contribution in [2.24, 2.45) is 5.92 Å². The fourth-order valence-corrected chi connectivity index (χ4v) is 4.81. The smallest absolute Gasteiger partial charge is 0.123 e. The van der Waals surface area contributed by atoms with E-state index in [4.69, 9.17) is 9.84 Å². The highest BCUT2D eigenvalue weighted by molar-refractivity contribution is 5.40. The summed E-state index contributed by atoms with van der Waals surface area (Å²) in [7, 11) is 0. The van der Waals surface area contributed by atoms with Crippen molar-refractivity contribution in [1.29, 1.82) is 0 Å². The first kappa shape index (κ1) is 16.4. The molecule has 2 aliphatic heterocycles. The summed E-state index contributed by atoms with van der Waals surface area (Å²) in [5, 5.41) is 12.3. The number of rotatable bonds is 4. The van der Waals surface area contributed by atoms with Crippen LogP contribution in [0, 0.1) is 11.7 Å². The molecule has 2 unspecified atom stereocenters. The van der Waals surface area contributed by atoms with Crippen molar-refractivity contribution in [3.63, 3.8) is 0 Å². The van der Waals surface area contributed by atoms with Crippen LogP contribution in [0.15, 0.2) is 24.3 Å². The lowest BCUT2D eigenvalue weighted by Crippen LogP contribution is -2.55. The molecular weight excluding hydrogens is 331 g/mol. The van der Waals surface area contributed by atoms with Gasteiger partial charge in [-0.1, -0.05) is 0 Å². The summed E-state index contributed by atoms with van der Waals surface area (Å²) in [6.45, 7) is 4.47. The molecule has 0 spiro atoms. The van der Waals surface area contributed by atoms with E-state index in [0.29, 0.717) is 5.92 Å². The largest absolute Gasteiger partial charge is 0.381 e. The Bertz CT molecular complexity index is 803. The molecule has 2 N–H and O–H groups in total. The van der Waals surface area contributed by atoms with Crippen molar-refractivity contribution >= 4 is 0 Å². The van der Waals surface area contributed by atoms with Crippen LogP contribution in [0.2, 0.25) is 0 Å². The molecule has 1 aromatic heterocycles. The summed E-state index contributed by atoms with van der Waals surface area (Å²) >= 11 is 0. The number of fused-ring (bicyclic) bond motifs is 2. The Morgan fingerprint density at radius 2 is 2.19 bits per heavy atom. The number of nitrogens with zero attached hydrogens (tertiary/aromatic N) is 2. The van der Waals surface area contributed by atoms with Crippen LogP contribution in [-0.2, 0) is 24.1 Å². The van der Waals surface area contributed by atoms with Crippen molar-refractivity contribution in [1.82, 2.24) is 20.4 Å². The number of halogens is 1. The van der Waals surface area contributed by atoms with Crippen LogP contribution in [0.25, 0.3) is 5.69 Å². The van der Waals surface area contributed by atoms with Crippen molar-refractivity contribution in [2.45, 2.75) is 37.8 Å². The van der Waals surface area contributed by atoms with Gasteiger partial charge in [0, 0.05) is 43.4 Å². The molecule has 0 radical (unpaired) electrons. The van der Waals surface area contributed by atoms with E-state index in [-0.39, 0.29) is 11.4 Å². The molecular formula is C20H25FN4O. The molecule has 5 rings (SSSR count). The van der Waals surface area contributed by atoms with Crippen LogP contribution in [0.5, 0.6) is 0 Å². The standard InChI is InChI=1S/C20H25FN4O/c21-15-4-6-16(7-5-15)25-19-3-1-2-17(19)18(24-25)11-23-20-8-9-26-12-14(20)10-22-13-20/h4-7,14,22-23H,1-3,8-13H2. The predicted octanol–water partition coefficient (Wildman–Crippen LogP) is 1.97. The molecule has 2 saturated heterocycles. The first-order chi connectivity index (χ1) is 12.8. The average Bonchev–Trinajstić information content (AvgIpc) is 3.36. The molecule has 0 bridgehead atoms. The highest BCUT2D eigenvalue weighted by atomic mass is 19.1. The third-order valence-corrected chi connectivity index (χ3v) is 6.32. The monoisotopic (exact) mass is 356 g/mol. The van der Waals surface area contributed by atoms with E-state index in [1.54, 1.807) is 0 Å². The maximum absolute atomic E-state index is 13.3. The van der Waals surface area contributed by atoms with Gasteiger partial charge in [-0.3, -0.25) is 0 Å². The molecule has 138 valence electrons. The molecule has 26 heavy (non-hydrogen) atoms. The lowest BCUT2D eigenvalue weighted by atomic mass is 9.83. The molecule has 2 aromatic rings. The molecule has 6 heteroatoms. The molecule has 3 aliphatic rings. The van der Waals surface area contributed by atoms with Gasteiger partial charge in [-0.25, -0.2) is 9.07 Å². The molecule has 1 aliphatic carbocycles. The Kier molecular flexibility index (Phi) is 4.07. The van der Waals surface area contributed by atoms with Gasteiger partial charge in [-0.15, -0.1) is 0 Å². The average molecular weight is 356 g/mol. The highest BCUT2D eigenvalue weighted by Gasteiger charge is 2.44. The second kappa shape index (κ2) is 6.44. The number of hydrogen-bond acceptors (Lipinski definition) is 4. The van der Waals surface area contributed by atoms with Gasteiger partial charge in [0.2, 0.25) is 0 Å². The van der Waals surface area contributed by atoms with Crippen molar-refractivity contribution in [3.8, 4) is 5.69 Å². The van der Waals surface area contributed by atoms with E-state index in [2.05, 4.69) is 10.6 Å². The van der Waals surface area contributed by atoms with E-state index < -0.39 is 0 Å². The molecule has 0 saturated carbocycles. The van der Waals surface area contributed by atoms with Crippen LogP contribution in [0.1, 0.15) is 29.8 Å². The number of benzene rings is 1. The maximum Gasteiger partial charge on any atom is 0.123 e. The zero-order chi connectivity index (χ0) is 17.6. The van der Waals surface area contributed by atoms with Gasteiger partial charge in [0.25, 0.3) is 0 Å². The van der Waals surface area contributed by atoms with Gasteiger partial charge < -0.3 is 15.4 Å². The number of aromatic nitrogens is 2. The second-order valence-electron chi connectivity index (χ2n) is 7.78. The van der Waals surface area contributed by atoms with E-state index in [9.17, 15) is 4.39 Å². The summed E-state index contributed by atoms with van der Waals surface area (Å²) in [5.41, 5.74) is 4.89. The van der Waals surface area contributed by atoms with Gasteiger partial charge in [0.15, 0.2) is 0 Å². The highest BCUT2D eigenvalue weighted by Crippen LogP contribution is 2.32. The molecule has 2 fully saturated rings. The van der Waals surface area contributed by atoms with Crippen LogP contribution in [-0.4, -0.2) is 41.6 Å². The van der Waals surface area contributed by atoms with Crippen molar-refractivity contribution < 1.29 is 9.13 Å². The normalized spacial score (nSPS) is 27.5. The lowest BCUT2D eigenvalue weighted by Gasteiger charge is -2.39. The molecule has 0 amide bonds. The Hall–Kier alpha value is -1.76. The van der Waals surface area contributed by atoms with E-state index >= 15 is 0 Å². The third kappa shape index (κ3) is 2.68. The van der Waals surface area contributed by atoms with Crippen LogP contribution >= 0.6 is 0 Å². The fraction of sp³-hybridized carbons (Fsp3) is 0.550. The Labute approximate surface area is 152 Å². The Morgan fingerprint density at radius 3 is 3.08 bits per heavy atom. The summed E-state index contributed by atoms with van der Waals surface area (Å²) in [6, 6.07) is 6.64. The Morgan fingerprint density at radius 1 is 1.31 bits per heavy atom. The summed E-state index contributed by atoms with van der Waals surface area (Å²) in [5.74, 6) is 0.321. The van der Waals surface area contributed by atoms with Gasteiger partial charge in [0.05, 0.1) is 18.0 Å². The third-order valence-electron chi connectivity index (χ3n) is 6.32. The molecule has 1 aromatic carbocycles. The second-order valence-corrected chi connectivity index (χ2v) is 7.78. The summed E-state index contributed by atoms with van der Waals surface area (Å²) in [4.78, 5) is 0. The minimum absolute atomic E-state index is 0.128. The minimum Gasteiger partial charge on any atom is -0.381 e. The number of nitrogens with one attached hydrogen (secondary N) is 2. The fourth-order valence-electron chi connectivity index (χ4n) is 4.81. The summed E-state index contributed by atoms with van der Waals surface area (Å²) in [6.07, 6.45) is 4.35. The molecule has 5 nitrogen and oxygen atoms in total. The first-order valence-electron chi connectivity index (χ1n) is 9.64. The maximum atomic E-state index is 13.3. The number of ether oxygens (including phenoxy) is 1. The molecule has 2 atom stereocenters. The van der Waals surface area contributed by atoms with Crippen molar-refractivity contribution in [3.05, 3.63) is 47.0 Å². The minimum atomic E-state index is -0.210. The topological polar surface area (TPSA) is 51.1 Å². The van der Waals surface area contributed by atoms with Crippen LogP contribution in [0.4, 0.5) is 4.39 Å². The van der Waals surface area contributed by atoms with Gasteiger partial charge in [-0.05, 0) is 55.5 Å². The van der Waals surface area contributed by atoms with E-state index in [1.165, 1.54) is 29.8 Å². The lowest BCUT2D eigenvalue weighted by molar-refractivity contribution is 0.00854. The van der Waals surface area contributed by atoms with Crippen molar-refractivity contribution in [2.75, 3.05) is 26.3 Å². The first-order valence-corrected chi connectivity index (χ1v) is 9.64. The SMILES string of the molecule is Fc1ccc(-n2nc(CNC34CCOCC3CNC4)c3c2CCC3)cc1. The van der Waals surface area contributed by atoms with E-state index in [1.807, 2.05) is 16.8 Å². The van der Waals surface area contributed by atoms with Gasteiger partial charge in [-0.2, -0.15) is 5.10 Å². The molecule has 3 heterocycles. The van der Waals surface area contributed by atoms with Gasteiger partial charge in [0.1, 0.15) is 5.82 Å². The van der Waals surface area contributed by atoms with Crippen LogP contribution < -0.4 is 10.6 Å². The Balaban J connectivity index is 1.41. The van der Waals surface area contributed by atoms with Crippen LogP contribution in [0.3, 0.4) is 0 Å².